The Hall–Kier alpha value is -9.38. The molecule has 0 aliphatic heterocycles. The molecule has 15 rings (SSSR count). The standard InChI is InChI=1S/C73H56N4/c1-43-31-36-52(37-32-43)74(62-41-45(3)30-35-47(62)5)58-26-16-28-60-66(58)54-22-14-24-56-68-65(51-20-12-9-13-21-51)73-69(64(50-18-10-8-11-19-50)72(68)76(60)70(54)56)57-25-15-23-55-67-59(27-17-29-61(67)77(73)71(55)57)75(53-38-33-44(2)34-39-53)63-42-46(4)40-48(6)49(63)7/h8-42H,1-7H3. The van der Waals surface area contributed by atoms with Crippen molar-refractivity contribution in [2.24, 2.45) is 0 Å². The van der Waals surface area contributed by atoms with E-state index in [2.05, 4.69) is 279 Å². The third-order valence-electron chi connectivity index (χ3n) is 16.8. The second-order valence-corrected chi connectivity index (χ2v) is 21.7. The first-order valence-electron chi connectivity index (χ1n) is 27.0. The Bertz CT molecular complexity index is 4850. The van der Waals surface area contributed by atoms with Crippen molar-refractivity contribution in [3.05, 3.63) is 251 Å². The molecule has 368 valence electrons. The summed E-state index contributed by atoms with van der Waals surface area (Å²) in [6, 6.07) is 80.0. The second kappa shape index (κ2) is 16.8. The van der Waals surface area contributed by atoms with E-state index in [1.807, 2.05) is 0 Å². The van der Waals surface area contributed by atoms with E-state index in [1.165, 1.54) is 149 Å². The zero-order valence-corrected chi connectivity index (χ0v) is 44.5. The third-order valence-corrected chi connectivity index (χ3v) is 16.8. The highest BCUT2D eigenvalue weighted by atomic mass is 15.2. The summed E-state index contributed by atoms with van der Waals surface area (Å²) >= 11 is 0. The monoisotopic (exact) mass is 988 g/mol. The molecule has 0 fully saturated rings. The van der Waals surface area contributed by atoms with Crippen molar-refractivity contribution >= 4 is 110 Å². The van der Waals surface area contributed by atoms with E-state index in [-0.39, 0.29) is 0 Å². The van der Waals surface area contributed by atoms with Gasteiger partial charge in [-0.15, -0.1) is 0 Å². The number of aromatic nitrogens is 2. The molecular formula is C73H56N4. The van der Waals surface area contributed by atoms with Gasteiger partial charge in [0.2, 0.25) is 0 Å². The number of hydrogen-bond acceptors (Lipinski definition) is 2. The topological polar surface area (TPSA) is 15.3 Å². The van der Waals surface area contributed by atoms with Crippen LogP contribution in [0.2, 0.25) is 0 Å². The van der Waals surface area contributed by atoms with Gasteiger partial charge >= 0.3 is 0 Å². The van der Waals surface area contributed by atoms with Gasteiger partial charge in [-0.05, 0) is 148 Å². The molecule has 0 saturated heterocycles. The minimum absolute atomic E-state index is 1.14. The smallest absolute Gasteiger partial charge is 0.0634 e. The number of rotatable bonds is 8. The fourth-order valence-corrected chi connectivity index (χ4v) is 13.3. The molecule has 77 heavy (non-hydrogen) atoms. The molecule has 0 unspecified atom stereocenters. The molecule has 0 saturated carbocycles. The van der Waals surface area contributed by atoms with Gasteiger partial charge < -0.3 is 18.6 Å². The Morgan fingerprint density at radius 2 is 0.701 bits per heavy atom. The van der Waals surface area contributed by atoms with Gasteiger partial charge in [-0.2, -0.15) is 0 Å². The van der Waals surface area contributed by atoms with Crippen LogP contribution >= 0.6 is 0 Å². The number of aryl methyl sites for hydroxylation is 6. The van der Waals surface area contributed by atoms with E-state index >= 15 is 0 Å². The quantitative estimate of drug-likeness (QED) is 0.151. The number of nitrogens with zero attached hydrogens (tertiary/aromatic N) is 4. The zero-order valence-electron chi connectivity index (χ0n) is 44.5. The SMILES string of the molecule is Cc1ccc(N(c2cc(C)ccc2C)c2cccc3c2c2cccc4c5c(-c6ccccc6)c6c(c(-c7ccccc7)c5n3c24)c2cccc3c4c(N(c5ccc(C)cc5)c5cc(C)cc(C)c5C)cccc4n6c32)cc1. The van der Waals surface area contributed by atoms with E-state index < -0.39 is 0 Å². The van der Waals surface area contributed by atoms with Crippen LogP contribution < -0.4 is 9.80 Å². The van der Waals surface area contributed by atoms with E-state index in [0.717, 1.165) is 22.7 Å². The fraction of sp³-hybridized carbons (Fsp3) is 0.0959. The molecule has 0 bridgehead atoms. The first-order valence-corrected chi connectivity index (χ1v) is 27.0. The van der Waals surface area contributed by atoms with Gasteiger partial charge in [0.05, 0.1) is 44.5 Å². The zero-order chi connectivity index (χ0) is 52.0. The van der Waals surface area contributed by atoms with Gasteiger partial charge in [0.25, 0.3) is 0 Å². The van der Waals surface area contributed by atoms with Crippen molar-refractivity contribution < 1.29 is 0 Å². The van der Waals surface area contributed by atoms with Crippen molar-refractivity contribution in [3.63, 3.8) is 0 Å². The molecule has 0 atom stereocenters. The summed E-state index contributed by atoms with van der Waals surface area (Å²) in [5.41, 5.74) is 27.9. The summed E-state index contributed by atoms with van der Waals surface area (Å²) in [6.45, 7) is 15.5. The van der Waals surface area contributed by atoms with Gasteiger partial charge in [-0.25, -0.2) is 0 Å². The molecule has 0 aliphatic carbocycles. The Morgan fingerprint density at radius 1 is 0.286 bits per heavy atom. The lowest BCUT2D eigenvalue weighted by Crippen LogP contribution is -2.12. The van der Waals surface area contributed by atoms with Crippen LogP contribution in [-0.4, -0.2) is 8.80 Å². The Kier molecular flexibility index (Phi) is 9.84. The van der Waals surface area contributed by atoms with Crippen molar-refractivity contribution in [1.29, 1.82) is 0 Å². The molecule has 0 spiro atoms. The van der Waals surface area contributed by atoms with E-state index in [1.54, 1.807) is 0 Å². The van der Waals surface area contributed by atoms with Crippen LogP contribution in [0.1, 0.15) is 38.9 Å². The van der Waals surface area contributed by atoms with Crippen LogP contribution in [0.25, 0.3) is 98.4 Å². The van der Waals surface area contributed by atoms with Crippen molar-refractivity contribution in [2.75, 3.05) is 9.80 Å². The van der Waals surface area contributed by atoms with E-state index in [4.69, 9.17) is 0 Å². The van der Waals surface area contributed by atoms with Crippen molar-refractivity contribution in [2.45, 2.75) is 48.5 Å². The third kappa shape index (κ3) is 6.45. The Balaban J connectivity index is 1.14. The lowest BCUT2D eigenvalue weighted by atomic mass is 9.89. The molecule has 4 heterocycles. The highest BCUT2D eigenvalue weighted by Crippen LogP contribution is 2.56. The summed E-state index contributed by atoms with van der Waals surface area (Å²) in [5, 5.41) is 9.96. The predicted molar refractivity (Wildman–Crippen MR) is 329 cm³/mol. The number of para-hydroxylation sites is 2. The molecule has 11 aromatic carbocycles. The summed E-state index contributed by atoms with van der Waals surface area (Å²) < 4.78 is 5.28. The van der Waals surface area contributed by atoms with Gasteiger partial charge in [-0.1, -0.05) is 163 Å². The molecule has 4 aromatic heterocycles. The van der Waals surface area contributed by atoms with Crippen LogP contribution in [0.3, 0.4) is 0 Å². The fourth-order valence-electron chi connectivity index (χ4n) is 13.3. The Morgan fingerprint density at radius 3 is 1.18 bits per heavy atom. The summed E-state index contributed by atoms with van der Waals surface area (Å²) in [5.74, 6) is 0. The van der Waals surface area contributed by atoms with Crippen LogP contribution in [0.15, 0.2) is 212 Å². The molecule has 0 amide bonds. The second-order valence-electron chi connectivity index (χ2n) is 21.7. The van der Waals surface area contributed by atoms with Gasteiger partial charge in [0.1, 0.15) is 0 Å². The summed E-state index contributed by atoms with van der Waals surface area (Å²) in [4.78, 5) is 5.01. The maximum Gasteiger partial charge on any atom is 0.0634 e. The molecule has 4 nitrogen and oxygen atoms in total. The van der Waals surface area contributed by atoms with Gasteiger partial charge in [0.15, 0.2) is 0 Å². The van der Waals surface area contributed by atoms with Crippen molar-refractivity contribution in [1.82, 2.24) is 8.80 Å². The normalized spacial score (nSPS) is 12.1. The first-order chi connectivity index (χ1) is 37.6. The molecule has 0 aliphatic rings. The first kappa shape index (κ1) is 45.0. The summed E-state index contributed by atoms with van der Waals surface area (Å²) in [7, 11) is 0. The number of anilines is 6. The summed E-state index contributed by atoms with van der Waals surface area (Å²) in [6.07, 6.45) is 0. The largest absolute Gasteiger partial charge is 0.310 e. The van der Waals surface area contributed by atoms with Gasteiger partial charge in [0, 0.05) is 77.0 Å². The van der Waals surface area contributed by atoms with Crippen LogP contribution in [0.4, 0.5) is 34.1 Å². The Labute approximate surface area is 448 Å². The number of benzene rings is 11. The molecule has 0 radical (unpaired) electrons. The maximum absolute atomic E-state index is 2.64. The molecular weight excluding hydrogens is 933 g/mol. The van der Waals surface area contributed by atoms with Crippen molar-refractivity contribution in [3.8, 4) is 22.3 Å². The molecule has 0 N–H and O–H groups in total. The van der Waals surface area contributed by atoms with E-state index in [0.29, 0.717) is 0 Å². The predicted octanol–water partition coefficient (Wildman–Crippen LogP) is 20.4. The van der Waals surface area contributed by atoms with Gasteiger partial charge in [-0.3, -0.25) is 0 Å². The molecule has 15 aromatic rings. The number of fused-ring (bicyclic) bond motifs is 12. The lowest BCUT2D eigenvalue weighted by Gasteiger charge is -2.29. The van der Waals surface area contributed by atoms with E-state index in [9.17, 15) is 0 Å². The average Bonchev–Trinajstić information content (AvgIpc) is 3.74. The van der Waals surface area contributed by atoms with Crippen LogP contribution in [0.5, 0.6) is 0 Å². The lowest BCUT2D eigenvalue weighted by molar-refractivity contribution is 1.21. The minimum atomic E-state index is 1.14. The highest BCUT2D eigenvalue weighted by Gasteiger charge is 2.33. The van der Waals surface area contributed by atoms with Crippen LogP contribution in [0, 0.1) is 48.5 Å². The van der Waals surface area contributed by atoms with Crippen LogP contribution in [-0.2, 0) is 0 Å². The average molecular weight is 989 g/mol. The molecule has 4 heteroatoms. The maximum atomic E-state index is 2.64. The minimum Gasteiger partial charge on any atom is -0.310 e. The number of hydrogen-bond donors (Lipinski definition) is 0. The highest BCUT2D eigenvalue weighted by molar-refractivity contribution is 6.39.